The first-order valence-corrected chi connectivity index (χ1v) is 17.0. The third kappa shape index (κ3) is 9.59. The van der Waals surface area contributed by atoms with Gasteiger partial charge in [-0.3, -0.25) is 14.5 Å². The molecule has 3 heterocycles. The minimum atomic E-state index is -0.570. The highest BCUT2D eigenvalue weighted by Crippen LogP contribution is 2.42. The summed E-state index contributed by atoms with van der Waals surface area (Å²) in [5.41, 5.74) is 3.57. The van der Waals surface area contributed by atoms with Crippen LogP contribution in [0.15, 0.2) is 48.5 Å². The van der Waals surface area contributed by atoms with E-state index in [9.17, 15) is 14.7 Å². The highest BCUT2D eigenvalue weighted by Gasteiger charge is 2.41. The lowest BCUT2D eigenvalue weighted by Gasteiger charge is -2.43. The van der Waals surface area contributed by atoms with Crippen molar-refractivity contribution in [2.75, 3.05) is 44.6 Å². The molecule has 0 spiro atoms. The Hall–Kier alpha value is -2.82. The van der Waals surface area contributed by atoms with Crippen LogP contribution in [0, 0.1) is 5.92 Å². The molecule has 246 valence electrons. The van der Waals surface area contributed by atoms with Crippen LogP contribution in [0.5, 0.6) is 0 Å². The normalized spacial score (nSPS) is 25.8. The minimum absolute atomic E-state index is 0.0126. The van der Waals surface area contributed by atoms with Gasteiger partial charge in [0, 0.05) is 56.2 Å². The van der Waals surface area contributed by atoms with Gasteiger partial charge in [-0.15, -0.1) is 0 Å². The predicted molar refractivity (Wildman–Crippen MR) is 175 cm³/mol. The summed E-state index contributed by atoms with van der Waals surface area (Å²) in [4.78, 5) is 29.0. The molecule has 9 nitrogen and oxygen atoms in total. The number of unbranched alkanes of at least 4 members (excludes halogenated alkanes) is 2. The van der Waals surface area contributed by atoms with Gasteiger partial charge in [0.15, 0.2) is 6.29 Å². The zero-order chi connectivity index (χ0) is 31.6. The molecule has 5 unspecified atom stereocenters. The molecule has 3 saturated heterocycles. The average molecular weight is 621 g/mol. The van der Waals surface area contributed by atoms with Crippen molar-refractivity contribution in [3.05, 3.63) is 65.2 Å². The number of nitrogens with one attached hydrogen (secondary N) is 2. The number of ether oxygens (including phenoxy) is 2. The van der Waals surface area contributed by atoms with Crippen molar-refractivity contribution in [1.82, 2.24) is 15.1 Å². The predicted octanol–water partition coefficient (Wildman–Crippen LogP) is 5.17. The first-order chi connectivity index (χ1) is 21.9. The Balaban J connectivity index is 1.26. The van der Waals surface area contributed by atoms with Crippen molar-refractivity contribution in [3.8, 4) is 0 Å². The number of rotatable bonds is 14. The first kappa shape index (κ1) is 33.5. The molecule has 9 heteroatoms. The maximum atomic E-state index is 12.7. The molecule has 0 aliphatic carbocycles. The average Bonchev–Trinajstić information content (AvgIpc) is 3.72. The van der Waals surface area contributed by atoms with Crippen molar-refractivity contribution < 1.29 is 24.2 Å². The molecule has 0 aromatic heterocycles. The number of nitrogens with zero attached hydrogens (tertiary/aromatic N) is 2. The molecule has 45 heavy (non-hydrogen) atoms. The summed E-state index contributed by atoms with van der Waals surface area (Å²) in [5, 5.41) is 15.4. The van der Waals surface area contributed by atoms with Crippen LogP contribution < -0.4 is 10.6 Å². The maximum absolute atomic E-state index is 12.7. The summed E-state index contributed by atoms with van der Waals surface area (Å²) in [6, 6.07) is 16.4. The number of anilines is 1. The number of aliphatic hydroxyl groups is 1. The molecule has 3 aliphatic rings. The number of hydrogen-bond acceptors (Lipinski definition) is 7. The molecule has 0 saturated carbocycles. The third-order valence-corrected chi connectivity index (χ3v) is 9.60. The van der Waals surface area contributed by atoms with Gasteiger partial charge in [0.25, 0.3) is 0 Å². The van der Waals surface area contributed by atoms with Crippen molar-refractivity contribution in [3.63, 3.8) is 0 Å². The molecule has 3 fully saturated rings. The largest absolute Gasteiger partial charge is 0.392 e. The highest BCUT2D eigenvalue weighted by molar-refractivity contribution is 5.90. The summed E-state index contributed by atoms with van der Waals surface area (Å²) in [6.07, 6.45) is 7.26. The van der Waals surface area contributed by atoms with Crippen LogP contribution in [0.2, 0.25) is 0 Å². The zero-order valence-corrected chi connectivity index (χ0v) is 27.1. The molecular weight excluding hydrogens is 568 g/mol. The number of benzene rings is 2. The summed E-state index contributed by atoms with van der Waals surface area (Å²) in [7, 11) is 0. The molecule has 2 amide bonds. The van der Waals surface area contributed by atoms with Gasteiger partial charge in [-0.2, -0.15) is 0 Å². The molecule has 2 aromatic carbocycles. The number of hydrogen-bond donors (Lipinski definition) is 3. The summed E-state index contributed by atoms with van der Waals surface area (Å²) in [6.45, 7) is 9.93. The van der Waals surface area contributed by atoms with Gasteiger partial charge in [-0.1, -0.05) is 49.7 Å². The maximum Gasteiger partial charge on any atom is 0.224 e. The fourth-order valence-electron chi connectivity index (χ4n) is 7.00. The zero-order valence-electron chi connectivity index (χ0n) is 27.1. The van der Waals surface area contributed by atoms with Crippen LogP contribution >= 0.6 is 0 Å². The Kier molecular flexibility index (Phi) is 12.4. The van der Waals surface area contributed by atoms with Gasteiger partial charge in [0.1, 0.15) is 0 Å². The van der Waals surface area contributed by atoms with Crippen molar-refractivity contribution >= 4 is 17.5 Å². The van der Waals surface area contributed by atoms with E-state index >= 15 is 0 Å². The van der Waals surface area contributed by atoms with Crippen LogP contribution in [0.3, 0.4) is 0 Å². The van der Waals surface area contributed by atoms with Crippen LogP contribution in [0.1, 0.15) is 94.3 Å². The van der Waals surface area contributed by atoms with E-state index in [1.807, 2.05) is 36.4 Å². The number of amides is 2. The standard InChI is InChI=1S/C36H52N4O5/c1-26-33(24-40-21-9-12-32(40)23-39-19-6-7-20-39)44-36(45-35(26)29-16-14-28(25-41)15-17-29)30-10-8-11-31(22-30)38-34(43)13-4-3-5-18-37-27(2)42/h8,10-11,14-17,22,26,32-33,35-36,41H,3-7,9,12-13,18-21,23-25H2,1-2H3,(H,37,42)(H,38,43). The second-order valence-electron chi connectivity index (χ2n) is 13.1. The van der Waals surface area contributed by atoms with Crippen LogP contribution in [0.4, 0.5) is 5.69 Å². The van der Waals surface area contributed by atoms with Crippen molar-refractivity contribution in [1.29, 1.82) is 0 Å². The highest BCUT2D eigenvalue weighted by atomic mass is 16.7. The third-order valence-electron chi connectivity index (χ3n) is 9.60. The van der Waals surface area contributed by atoms with E-state index in [1.165, 1.54) is 45.7 Å². The van der Waals surface area contributed by atoms with E-state index in [1.54, 1.807) is 0 Å². The summed E-state index contributed by atoms with van der Waals surface area (Å²) in [5.74, 6) is 0.0781. The summed E-state index contributed by atoms with van der Waals surface area (Å²) >= 11 is 0. The summed E-state index contributed by atoms with van der Waals surface area (Å²) < 4.78 is 13.5. The Morgan fingerprint density at radius 3 is 2.49 bits per heavy atom. The fraction of sp³-hybridized carbons (Fsp3) is 0.611. The van der Waals surface area contributed by atoms with Crippen LogP contribution in [-0.2, 0) is 25.7 Å². The number of carbonyl (C=O) groups excluding carboxylic acids is 2. The second kappa shape index (κ2) is 16.7. The van der Waals surface area contributed by atoms with Crippen LogP contribution in [-0.4, -0.2) is 78.1 Å². The van der Waals surface area contributed by atoms with Gasteiger partial charge in [0.2, 0.25) is 11.8 Å². The van der Waals surface area contributed by atoms with Gasteiger partial charge in [-0.25, -0.2) is 0 Å². The first-order valence-electron chi connectivity index (χ1n) is 17.0. The Morgan fingerprint density at radius 1 is 0.933 bits per heavy atom. The Morgan fingerprint density at radius 2 is 1.73 bits per heavy atom. The quantitative estimate of drug-likeness (QED) is 0.251. The SMILES string of the molecule is CC(=O)NCCCCCC(=O)Nc1cccc(C2OC(CN3CCCC3CN3CCCC3)C(C)C(c3ccc(CO)cc3)O2)c1. The fourth-order valence-corrected chi connectivity index (χ4v) is 7.00. The molecule has 0 bridgehead atoms. The topological polar surface area (TPSA) is 103 Å². The molecule has 2 aromatic rings. The Labute approximate surface area is 268 Å². The van der Waals surface area contributed by atoms with E-state index in [0.717, 1.165) is 61.3 Å². The number of likely N-dealkylation sites (tertiary alicyclic amines) is 2. The number of carbonyl (C=O) groups is 2. The lowest BCUT2D eigenvalue weighted by Crippen LogP contribution is -2.48. The van der Waals surface area contributed by atoms with Gasteiger partial charge < -0.3 is 30.1 Å². The molecule has 0 radical (unpaired) electrons. The lowest BCUT2D eigenvalue weighted by molar-refractivity contribution is -0.276. The van der Waals surface area contributed by atoms with Gasteiger partial charge >= 0.3 is 0 Å². The van der Waals surface area contributed by atoms with Crippen molar-refractivity contribution in [2.24, 2.45) is 5.92 Å². The smallest absolute Gasteiger partial charge is 0.224 e. The van der Waals surface area contributed by atoms with Crippen molar-refractivity contribution in [2.45, 2.75) is 96.4 Å². The van der Waals surface area contributed by atoms with E-state index in [2.05, 4.69) is 39.5 Å². The van der Waals surface area contributed by atoms with Crippen LogP contribution in [0.25, 0.3) is 0 Å². The van der Waals surface area contributed by atoms with E-state index in [4.69, 9.17) is 9.47 Å². The van der Waals surface area contributed by atoms with Gasteiger partial charge in [-0.05, 0) is 81.4 Å². The lowest BCUT2D eigenvalue weighted by atomic mass is 9.90. The van der Waals surface area contributed by atoms with E-state index < -0.39 is 6.29 Å². The monoisotopic (exact) mass is 620 g/mol. The van der Waals surface area contributed by atoms with E-state index in [-0.39, 0.29) is 36.5 Å². The molecule has 5 atom stereocenters. The molecule has 3 N–H and O–H groups in total. The minimum Gasteiger partial charge on any atom is -0.392 e. The number of aliphatic hydroxyl groups excluding tert-OH is 1. The second-order valence-corrected chi connectivity index (χ2v) is 13.1. The Bertz CT molecular complexity index is 1230. The molecular formula is C36H52N4O5. The van der Waals surface area contributed by atoms with E-state index in [0.29, 0.717) is 19.0 Å². The molecule has 5 rings (SSSR count). The van der Waals surface area contributed by atoms with Gasteiger partial charge in [0.05, 0.1) is 18.8 Å². The molecule has 3 aliphatic heterocycles.